The second-order valence-corrected chi connectivity index (χ2v) is 5.59. The molecule has 2 nitrogen and oxygen atoms in total. The van der Waals surface area contributed by atoms with Crippen molar-refractivity contribution in [3.63, 3.8) is 0 Å². The van der Waals surface area contributed by atoms with Crippen molar-refractivity contribution in [2.24, 2.45) is 0 Å². The van der Waals surface area contributed by atoms with E-state index in [2.05, 4.69) is 79.8 Å². The Morgan fingerprint density at radius 2 is 1.70 bits per heavy atom. The zero-order chi connectivity index (χ0) is 13.7. The zero-order valence-corrected chi connectivity index (χ0v) is 11.7. The molecule has 4 rings (SSSR count). The van der Waals surface area contributed by atoms with E-state index >= 15 is 0 Å². The molecule has 0 radical (unpaired) electrons. The molecule has 0 fully saturated rings. The Kier molecular flexibility index (Phi) is 2.21. The number of H-pyrrole nitrogens is 1. The first-order valence-electron chi connectivity index (χ1n) is 6.93. The Labute approximate surface area is 118 Å². The van der Waals surface area contributed by atoms with Crippen molar-refractivity contribution in [1.82, 2.24) is 9.47 Å². The molecule has 1 unspecified atom stereocenters. The van der Waals surface area contributed by atoms with Crippen LogP contribution in [0.4, 0.5) is 11.4 Å². The molecule has 2 aromatic carbocycles. The summed E-state index contributed by atoms with van der Waals surface area (Å²) in [4.78, 5) is 3.51. The molecule has 3 aromatic rings. The predicted octanol–water partition coefficient (Wildman–Crippen LogP) is 4.73. The number of rotatable bonds is 1. The molecular formula is C18H17N2+. The Morgan fingerprint density at radius 3 is 2.60 bits per heavy atom. The monoisotopic (exact) mass is 261 g/mol. The highest BCUT2D eigenvalue weighted by Gasteiger charge is 2.36. The fourth-order valence-electron chi connectivity index (χ4n) is 3.42. The van der Waals surface area contributed by atoms with E-state index in [0.717, 1.165) is 4.48 Å². The minimum atomic E-state index is 0.728. The van der Waals surface area contributed by atoms with Crippen molar-refractivity contribution >= 4 is 28.4 Å². The Hall–Kier alpha value is -2.32. The molecule has 1 atom stereocenters. The first-order valence-corrected chi connectivity index (χ1v) is 6.93. The number of aromatic amines is 1. The fourth-order valence-corrected chi connectivity index (χ4v) is 3.42. The molecule has 1 aliphatic heterocycles. The SMILES string of the molecule is Cc1[nH]c2ccccc2c1[N+]1(C)C=Cc2ccccc21. The minimum absolute atomic E-state index is 0.728. The number of hydrogen-bond donors (Lipinski definition) is 1. The topological polar surface area (TPSA) is 15.8 Å². The van der Waals surface area contributed by atoms with Crippen molar-refractivity contribution in [1.29, 1.82) is 0 Å². The Balaban J connectivity index is 2.05. The van der Waals surface area contributed by atoms with Crippen molar-refractivity contribution < 1.29 is 0 Å². The third-order valence-electron chi connectivity index (χ3n) is 4.31. The number of aromatic nitrogens is 1. The van der Waals surface area contributed by atoms with E-state index in [1.165, 1.54) is 33.5 Å². The van der Waals surface area contributed by atoms with Crippen molar-refractivity contribution in [2.75, 3.05) is 7.05 Å². The summed E-state index contributed by atoms with van der Waals surface area (Å²) in [6.07, 6.45) is 4.49. The molecule has 20 heavy (non-hydrogen) atoms. The third-order valence-corrected chi connectivity index (χ3v) is 4.31. The Bertz CT molecular complexity index is 842. The maximum absolute atomic E-state index is 3.51. The van der Waals surface area contributed by atoms with Gasteiger partial charge in [0.05, 0.1) is 23.6 Å². The predicted molar refractivity (Wildman–Crippen MR) is 85.9 cm³/mol. The highest BCUT2D eigenvalue weighted by molar-refractivity contribution is 5.97. The molecule has 2 heterocycles. The molecule has 0 bridgehead atoms. The van der Waals surface area contributed by atoms with Gasteiger partial charge in [0.1, 0.15) is 11.9 Å². The van der Waals surface area contributed by atoms with E-state index in [9.17, 15) is 0 Å². The molecule has 2 heteroatoms. The number of fused-ring (bicyclic) bond motifs is 2. The van der Waals surface area contributed by atoms with Crippen molar-refractivity contribution in [3.05, 3.63) is 66.0 Å². The van der Waals surface area contributed by atoms with E-state index in [4.69, 9.17) is 0 Å². The average Bonchev–Trinajstić information content (AvgIpc) is 2.97. The number of hydrogen-bond acceptors (Lipinski definition) is 0. The molecule has 0 amide bonds. The summed E-state index contributed by atoms with van der Waals surface area (Å²) in [5.41, 5.74) is 6.41. The molecule has 1 aliphatic rings. The van der Waals surface area contributed by atoms with Gasteiger partial charge < -0.3 is 4.98 Å². The molecule has 0 saturated carbocycles. The van der Waals surface area contributed by atoms with Gasteiger partial charge in [-0.05, 0) is 25.1 Å². The lowest BCUT2D eigenvalue weighted by Gasteiger charge is -2.27. The van der Waals surface area contributed by atoms with Crippen LogP contribution in [0.15, 0.2) is 54.7 Å². The van der Waals surface area contributed by atoms with Crippen LogP contribution < -0.4 is 4.48 Å². The Morgan fingerprint density at radius 1 is 0.950 bits per heavy atom. The van der Waals surface area contributed by atoms with Gasteiger partial charge in [-0.1, -0.05) is 24.3 Å². The van der Waals surface area contributed by atoms with Crippen LogP contribution >= 0.6 is 0 Å². The van der Waals surface area contributed by atoms with Crippen molar-refractivity contribution in [3.8, 4) is 0 Å². The van der Waals surface area contributed by atoms with Crippen LogP contribution in [-0.2, 0) is 0 Å². The molecule has 1 N–H and O–H groups in total. The summed E-state index contributed by atoms with van der Waals surface area (Å²) < 4.78 is 0.728. The summed E-state index contributed by atoms with van der Waals surface area (Å²) in [5.74, 6) is 0. The molecule has 0 aliphatic carbocycles. The number of nitrogens with one attached hydrogen (secondary N) is 1. The summed E-state index contributed by atoms with van der Waals surface area (Å²) in [5, 5.41) is 1.30. The van der Waals surface area contributed by atoms with Crippen LogP contribution in [0, 0.1) is 6.92 Å². The number of nitrogens with zero attached hydrogens (tertiary/aromatic N) is 1. The molecule has 98 valence electrons. The largest absolute Gasteiger partial charge is 0.354 e. The fraction of sp³-hybridized carbons (Fsp3) is 0.111. The van der Waals surface area contributed by atoms with Gasteiger partial charge in [0.2, 0.25) is 0 Å². The second-order valence-electron chi connectivity index (χ2n) is 5.59. The maximum atomic E-state index is 3.51. The second kappa shape index (κ2) is 3.84. The van der Waals surface area contributed by atoms with Gasteiger partial charge in [-0.15, -0.1) is 0 Å². The molecular weight excluding hydrogens is 244 g/mol. The van der Waals surface area contributed by atoms with Gasteiger partial charge in [-0.2, -0.15) is 0 Å². The smallest absolute Gasteiger partial charge is 0.170 e. The van der Waals surface area contributed by atoms with Crippen LogP contribution in [0.25, 0.3) is 17.0 Å². The van der Waals surface area contributed by atoms with Gasteiger partial charge >= 0.3 is 0 Å². The van der Waals surface area contributed by atoms with Gasteiger partial charge in [0.25, 0.3) is 0 Å². The van der Waals surface area contributed by atoms with Crippen LogP contribution in [0.1, 0.15) is 11.3 Å². The van der Waals surface area contributed by atoms with E-state index in [0.29, 0.717) is 0 Å². The zero-order valence-electron chi connectivity index (χ0n) is 11.7. The summed E-state index contributed by atoms with van der Waals surface area (Å²) >= 11 is 0. The maximum Gasteiger partial charge on any atom is 0.170 e. The highest BCUT2D eigenvalue weighted by atomic mass is 15.3. The normalized spacial score (nSPS) is 20.5. The van der Waals surface area contributed by atoms with Gasteiger partial charge in [-0.25, -0.2) is 4.48 Å². The lowest BCUT2D eigenvalue weighted by molar-refractivity contribution is 0.625. The summed E-state index contributed by atoms with van der Waals surface area (Å²) in [7, 11) is 2.25. The average molecular weight is 261 g/mol. The van der Waals surface area contributed by atoms with Crippen LogP contribution in [0.2, 0.25) is 0 Å². The van der Waals surface area contributed by atoms with E-state index < -0.39 is 0 Å². The summed E-state index contributed by atoms with van der Waals surface area (Å²) in [6.45, 7) is 2.16. The van der Waals surface area contributed by atoms with Gasteiger partial charge in [0, 0.05) is 17.7 Å². The van der Waals surface area contributed by atoms with E-state index in [1.54, 1.807) is 0 Å². The van der Waals surface area contributed by atoms with Crippen molar-refractivity contribution in [2.45, 2.75) is 6.92 Å². The van der Waals surface area contributed by atoms with Crippen LogP contribution in [-0.4, -0.2) is 12.0 Å². The quantitative estimate of drug-likeness (QED) is 0.609. The lowest BCUT2D eigenvalue weighted by atomic mass is 10.1. The first kappa shape index (κ1) is 11.5. The lowest BCUT2D eigenvalue weighted by Crippen LogP contribution is -2.31. The van der Waals surface area contributed by atoms with Crippen LogP contribution in [0.5, 0.6) is 0 Å². The molecule has 1 aromatic heterocycles. The van der Waals surface area contributed by atoms with Gasteiger partial charge in [0.15, 0.2) is 5.69 Å². The summed E-state index contributed by atoms with van der Waals surface area (Å²) in [6, 6.07) is 17.1. The first-order chi connectivity index (χ1) is 9.70. The molecule has 0 saturated heterocycles. The third kappa shape index (κ3) is 1.37. The van der Waals surface area contributed by atoms with E-state index in [1.807, 2.05) is 0 Å². The van der Waals surface area contributed by atoms with Gasteiger partial charge in [-0.3, -0.25) is 0 Å². The minimum Gasteiger partial charge on any atom is -0.354 e. The standard InChI is InChI=1S/C18H17N2/c1-13-18(15-8-4-5-9-16(15)19-13)20(2)12-11-14-7-3-6-10-17(14)20/h3-12,19H,1-2H3/q+1. The molecule has 0 spiro atoms. The highest BCUT2D eigenvalue weighted by Crippen LogP contribution is 2.45. The van der Waals surface area contributed by atoms with Crippen LogP contribution in [0.3, 0.4) is 0 Å². The number of quaternary nitrogens is 1. The number of aryl methyl sites for hydroxylation is 1. The number of para-hydroxylation sites is 2. The number of benzene rings is 2. The van der Waals surface area contributed by atoms with E-state index in [-0.39, 0.29) is 0 Å².